The van der Waals surface area contributed by atoms with E-state index in [0.29, 0.717) is 12.6 Å². The van der Waals surface area contributed by atoms with Crippen molar-refractivity contribution in [3.05, 3.63) is 59.9 Å². The molecule has 2 aromatic heterocycles. The molecule has 1 fully saturated rings. The van der Waals surface area contributed by atoms with Crippen molar-refractivity contribution in [2.45, 2.75) is 19.6 Å². The van der Waals surface area contributed by atoms with Crippen LogP contribution in [0.15, 0.2) is 43.1 Å². The number of nitrogens with zero attached hydrogens (tertiary/aromatic N) is 6. The molecule has 0 spiro atoms. The fourth-order valence-electron chi connectivity index (χ4n) is 3.74. The molecule has 1 aliphatic heterocycles. The van der Waals surface area contributed by atoms with Gasteiger partial charge in [-0.05, 0) is 18.6 Å². The highest BCUT2D eigenvalue weighted by atomic mass is 16.5. The van der Waals surface area contributed by atoms with E-state index in [1.807, 2.05) is 25.2 Å². The maximum absolute atomic E-state index is 6.18. The van der Waals surface area contributed by atoms with Crippen LogP contribution in [-0.4, -0.2) is 65.7 Å². The molecule has 1 unspecified atom stereocenters. The molecule has 0 aliphatic carbocycles. The summed E-state index contributed by atoms with van der Waals surface area (Å²) in [5.74, 6) is 1.57. The van der Waals surface area contributed by atoms with Crippen molar-refractivity contribution >= 4 is 5.95 Å². The first-order chi connectivity index (χ1) is 15.0. The third-order valence-electron chi connectivity index (χ3n) is 5.37. The molecular weight excluding hydrogens is 392 g/mol. The number of methoxy groups -OCH3 is 1. The summed E-state index contributed by atoms with van der Waals surface area (Å²) in [7, 11) is 5.59. The fourth-order valence-corrected chi connectivity index (χ4v) is 3.74. The van der Waals surface area contributed by atoms with Crippen molar-refractivity contribution in [3.63, 3.8) is 0 Å². The van der Waals surface area contributed by atoms with Gasteiger partial charge in [-0.15, -0.1) is 0 Å². The van der Waals surface area contributed by atoms with Crippen molar-refractivity contribution < 1.29 is 9.47 Å². The van der Waals surface area contributed by atoms with Crippen molar-refractivity contribution in [2.24, 2.45) is 0 Å². The average Bonchev–Trinajstić information content (AvgIpc) is 2.80. The lowest BCUT2D eigenvalue weighted by Crippen LogP contribution is -2.38. The van der Waals surface area contributed by atoms with Crippen LogP contribution < -0.4 is 9.64 Å². The molecule has 8 nitrogen and oxygen atoms in total. The number of hydrogen-bond acceptors (Lipinski definition) is 8. The zero-order chi connectivity index (χ0) is 21.8. The van der Waals surface area contributed by atoms with Gasteiger partial charge in [0.05, 0.1) is 19.4 Å². The van der Waals surface area contributed by atoms with Gasteiger partial charge in [0.1, 0.15) is 18.2 Å². The minimum absolute atomic E-state index is 0.179. The van der Waals surface area contributed by atoms with Gasteiger partial charge in [0.15, 0.2) is 0 Å². The number of rotatable bonds is 6. The van der Waals surface area contributed by atoms with E-state index in [1.54, 1.807) is 19.5 Å². The molecule has 3 heterocycles. The van der Waals surface area contributed by atoms with Crippen molar-refractivity contribution in [3.8, 4) is 16.9 Å². The van der Waals surface area contributed by atoms with Gasteiger partial charge in [0, 0.05) is 69.0 Å². The SMILES string of the molecule is COc1cc(C)ccc1CN1CCOC(c2nc(N(C)C)ncc2-c2cncnc2)C1. The lowest BCUT2D eigenvalue weighted by Gasteiger charge is -2.33. The summed E-state index contributed by atoms with van der Waals surface area (Å²) in [6, 6.07) is 6.34. The Bertz CT molecular complexity index is 1030. The molecule has 0 amide bonds. The van der Waals surface area contributed by atoms with Crippen LogP contribution in [0.3, 0.4) is 0 Å². The molecule has 0 radical (unpaired) electrons. The first kappa shape index (κ1) is 21.1. The number of hydrogen-bond donors (Lipinski definition) is 0. The van der Waals surface area contributed by atoms with E-state index in [1.165, 1.54) is 17.5 Å². The fraction of sp³-hybridized carbons (Fsp3) is 0.391. The Kier molecular flexibility index (Phi) is 6.39. The predicted molar refractivity (Wildman–Crippen MR) is 119 cm³/mol. The lowest BCUT2D eigenvalue weighted by atomic mass is 10.0. The molecule has 1 aromatic carbocycles. The Hall–Kier alpha value is -3.10. The normalized spacial score (nSPS) is 16.8. The molecule has 1 saturated heterocycles. The number of benzene rings is 1. The van der Waals surface area contributed by atoms with Gasteiger partial charge in [-0.2, -0.15) is 0 Å². The van der Waals surface area contributed by atoms with Crippen LogP contribution in [0.4, 0.5) is 5.95 Å². The van der Waals surface area contributed by atoms with Crippen molar-refractivity contribution in [1.29, 1.82) is 0 Å². The maximum Gasteiger partial charge on any atom is 0.225 e. The second kappa shape index (κ2) is 9.36. The van der Waals surface area contributed by atoms with Gasteiger partial charge < -0.3 is 14.4 Å². The molecular formula is C23H28N6O2. The molecule has 4 rings (SSSR count). The second-order valence-electron chi connectivity index (χ2n) is 7.90. The minimum Gasteiger partial charge on any atom is -0.496 e. The van der Waals surface area contributed by atoms with E-state index < -0.39 is 0 Å². The smallest absolute Gasteiger partial charge is 0.225 e. The number of aromatic nitrogens is 4. The van der Waals surface area contributed by atoms with Gasteiger partial charge in [-0.3, -0.25) is 4.90 Å². The summed E-state index contributed by atoms with van der Waals surface area (Å²) in [6.07, 6.45) is 6.74. The lowest BCUT2D eigenvalue weighted by molar-refractivity contribution is -0.0348. The Morgan fingerprint density at radius 3 is 2.74 bits per heavy atom. The first-order valence-corrected chi connectivity index (χ1v) is 10.3. The predicted octanol–water partition coefficient (Wildman–Crippen LogP) is 2.89. The molecule has 8 heteroatoms. The summed E-state index contributed by atoms with van der Waals surface area (Å²) in [5, 5.41) is 0. The Morgan fingerprint density at radius 1 is 1.19 bits per heavy atom. The second-order valence-corrected chi connectivity index (χ2v) is 7.90. The molecule has 3 aromatic rings. The van der Waals surface area contributed by atoms with Crippen LogP contribution in [-0.2, 0) is 11.3 Å². The van der Waals surface area contributed by atoms with Crippen molar-refractivity contribution in [2.75, 3.05) is 45.8 Å². The summed E-state index contributed by atoms with van der Waals surface area (Å²) in [6.45, 7) is 5.07. The number of anilines is 1. The van der Waals surface area contributed by atoms with Crippen LogP contribution in [0.5, 0.6) is 5.75 Å². The van der Waals surface area contributed by atoms with Gasteiger partial charge >= 0.3 is 0 Å². The third kappa shape index (κ3) is 4.81. The van der Waals surface area contributed by atoms with Crippen LogP contribution in [0.1, 0.15) is 22.9 Å². The third-order valence-corrected chi connectivity index (χ3v) is 5.37. The van der Waals surface area contributed by atoms with Gasteiger partial charge in [0.25, 0.3) is 0 Å². The highest BCUT2D eigenvalue weighted by Crippen LogP contribution is 2.32. The molecule has 1 atom stereocenters. The van der Waals surface area contributed by atoms with E-state index in [-0.39, 0.29) is 6.10 Å². The first-order valence-electron chi connectivity index (χ1n) is 10.3. The Morgan fingerprint density at radius 2 is 2.00 bits per heavy atom. The van der Waals surface area contributed by atoms with Crippen LogP contribution >= 0.6 is 0 Å². The standard InChI is InChI=1S/C23H28N6O2/c1-16-5-6-17(20(9-16)30-4)13-29-7-8-31-21(14-29)22-19(18-10-24-15-25-11-18)12-26-23(27-22)28(2)3/h5-6,9-12,15,21H,7-8,13-14H2,1-4H3. The summed E-state index contributed by atoms with van der Waals surface area (Å²) < 4.78 is 11.8. The molecule has 1 aliphatic rings. The molecule has 0 bridgehead atoms. The topological polar surface area (TPSA) is 76.5 Å². The Balaban J connectivity index is 1.62. The minimum atomic E-state index is -0.179. The van der Waals surface area contributed by atoms with Gasteiger partial charge in [-0.1, -0.05) is 12.1 Å². The van der Waals surface area contributed by atoms with Gasteiger partial charge in [0.2, 0.25) is 5.95 Å². The molecule has 0 N–H and O–H groups in total. The summed E-state index contributed by atoms with van der Waals surface area (Å²) in [4.78, 5) is 21.9. The summed E-state index contributed by atoms with van der Waals surface area (Å²) in [5.41, 5.74) is 4.98. The largest absolute Gasteiger partial charge is 0.496 e. The van der Waals surface area contributed by atoms with Gasteiger partial charge in [-0.25, -0.2) is 19.9 Å². The summed E-state index contributed by atoms with van der Waals surface area (Å²) >= 11 is 0. The van der Waals surface area contributed by atoms with E-state index in [9.17, 15) is 0 Å². The average molecular weight is 421 g/mol. The van der Waals surface area contributed by atoms with E-state index in [0.717, 1.165) is 42.2 Å². The van der Waals surface area contributed by atoms with E-state index in [4.69, 9.17) is 14.5 Å². The quantitative estimate of drug-likeness (QED) is 0.603. The molecule has 31 heavy (non-hydrogen) atoms. The highest BCUT2D eigenvalue weighted by Gasteiger charge is 2.27. The maximum atomic E-state index is 6.18. The van der Waals surface area contributed by atoms with E-state index >= 15 is 0 Å². The van der Waals surface area contributed by atoms with Crippen LogP contribution in [0.2, 0.25) is 0 Å². The zero-order valence-electron chi connectivity index (χ0n) is 18.4. The monoisotopic (exact) mass is 420 g/mol. The van der Waals surface area contributed by atoms with E-state index in [2.05, 4.69) is 45.0 Å². The molecule has 0 saturated carbocycles. The Labute approximate surface area is 182 Å². The van der Waals surface area contributed by atoms with Crippen LogP contribution in [0, 0.1) is 6.92 Å². The zero-order valence-corrected chi connectivity index (χ0v) is 18.4. The number of aryl methyl sites for hydroxylation is 1. The van der Waals surface area contributed by atoms with Crippen LogP contribution in [0.25, 0.3) is 11.1 Å². The van der Waals surface area contributed by atoms with Crippen molar-refractivity contribution in [1.82, 2.24) is 24.8 Å². The molecule has 162 valence electrons. The number of ether oxygens (including phenoxy) is 2. The number of morpholine rings is 1. The highest BCUT2D eigenvalue weighted by molar-refractivity contribution is 5.64.